The largest absolute Gasteiger partial charge is 0.370 e. The van der Waals surface area contributed by atoms with Crippen molar-refractivity contribution in [2.75, 3.05) is 22.9 Å². The third-order valence-electron chi connectivity index (χ3n) is 8.92. The highest BCUT2D eigenvalue weighted by Gasteiger charge is 2.42. The van der Waals surface area contributed by atoms with Crippen molar-refractivity contribution in [3.8, 4) is 5.69 Å². The lowest BCUT2D eigenvalue weighted by Crippen LogP contribution is -2.38. The van der Waals surface area contributed by atoms with Crippen LogP contribution < -0.4 is 15.1 Å². The van der Waals surface area contributed by atoms with E-state index in [0.29, 0.717) is 16.9 Å². The molecule has 4 heterocycles. The number of nitrogens with zero attached hydrogens (tertiary/aromatic N) is 4. The lowest BCUT2D eigenvalue weighted by Gasteiger charge is -2.37. The van der Waals surface area contributed by atoms with E-state index in [0.717, 1.165) is 41.6 Å². The zero-order valence-electron chi connectivity index (χ0n) is 25.1. The maximum atomic E-state index is 7.06. The third kappa shape index (κ3) is 5.20. The lowest BCUT2D eigenvalue weighted by molar-refractivity contribution is 0.357. The fourth-order valence-corrected chi connectivity index (χ4v) is 7.84. The topological polar surface area (TPSA) is 36.3 Å². The third-order valence-corrected chi connectivity index (χ3v) is 9.54. The van der Waals surface area contributed by atoms with Crippen LogP contribution in [0.2, 0.25) is 5.02 Å². The fraction of sp³-hybridized carbons (Fsp3) is 0.371. The molecule has 4 atom stereocenters. The minimum absolute atomic E-state index is 0.0990. The highest BCUT2D eigenvalue weighted by Crippen LogP contribution is 2.45. The summed E-state index contributed by atoms with van der Waals surface area (Å²) in [6.45, 7) is 13.3. The van der Waals surface area contributed by atoms with Crippen molar-refractivity contribution >= 4 is 40.3 Å². The molecule has 0 amide bonds. The molecule has 0 bridgehead atoms. The first-order chi connectivity index (χ1) is 20.3. The summed E-state index contributed by atoms with van der Waals surface area (Å²) in [6, 6.07) is 23.3. The zero-order chi connectivity index (χ0) is 29.5. The highest BCUT2D eigenvalue weighted by atomic mass is 35.5. The van der Waals surface area contributed by atoms with Gasteiger partial charge in [0.2, 0.25) is 0 Å². The molecule has 0 unspecified atom stereocenters. The van der Waals surface area contributed by atoms with Crippen molar-refractivity contribution in [2.24, 2.45) is 11.8 Å². The average molecular weight is 598 g/mol. The van der Waals surface area contributed by atoms with Gasteiger partial charge in [-0.25, -0.2) is 0 Å². The summed E-state index contributed by atoms with van der Waals surface area (Å²) in [4.78, 5) is 9.44. The van der Waals surface area contributed by atoms with Gasteiger partial charge in [-0.15, -0.1) is 0 Å². The molecular weight excluding hydrogens is 558 g/mol. The number of halogens is 1. The smallest absolute Gasteiger partial charge is 0.174 e. The molecule has 42 heavy (non-hydrogen) atoms. The van der Waals surface area contributed by atoms with Crippen LogP contribution in [0.3, 0.4) is 0 Å². The maximum Gasteiger partial charge on any atom is 0.174 e. The Bertz CT molecular complexity index is 1590. The molecule has 2 aliphatic heterocycles. The number of hydrogen-bond acceptors (Lipinski definition) is 3. The monoisotopic (exact) mass is 597 g/mol. The molecule has 6 rings (SSSR count). The maximum absolute atomic E-state index is 7.06. The van der Waals surface area contributed by atoms with E-state index in [2.05, 4.69) is 109 Å². The van der Waals surface area contributed by atoms with Crippen LogP contribution >= 0.6 is 23.8 Å². The van der Waals surface area contributed by atoms with Crippen molar-refractivity contribution in [1.82, 2.24) is 14.9 Å². The van der Waals surface area contributed by atoms with Crippen molar-refractivity contribution in [3.05, 3.63) is 106 Å². The molecule has 1 N–H and O–H groups in total. The van der Waals surface area contributed by atoms with E-state index in [1.807, 2.05) is 18.3 Å². The number of thiocarbonyl (C=S) groups is 1. The normalized spacial score (nSPS) is 22.5. The molecule has 2 aliphatic rings. The lowest BCUT2D eigenvalue weighted by atomic mass is 9.91. The minimum Gasteiger partial charge on any atom is -0.370 e. The Morgan fingerprint density at radius 2 is 1.69 bits per heavy atom. The van der Waals surface area contributed by atoms with Crippen molar-refractivity contribution < 1.29 is 0 Å². The first kappa shape index (κ1) is 28.8. The molecule has 0 spiro atoms. The second kappa shape index (κ2) is 11.7. The van der Waals surface area contributed by atoms with Crippen molar-refractivity contribution in [3.63, 3.8) is 0 Å². The Labute approximate surface area is 260 Å². The summed E-state index contributed by atoms with van der Waals surface area (Å²) in [5.74, 6) is 1.30. The predicted octanol–water partition coefficient (Wildman–Crippen LogP) is 8.36. The van der Waals surface area contributed by atoms with Crippen LogP contribution in [0.4, 0.5) is 11.4 Å². The summed E-state index contributed by atoms with van der Waals surface area (Å²) in [7, 11) is 0. The summed E-state index contributed by atoms with van der Waals surface area (Å²) in [5, 5.41) is 5.07. The average Bonchev–Trinajstić information content (AvgIpc) is 3.47. The van der Waals surface area contributed by atoms with Gasteiger partial charge in [0.05, 0.1) is 28.5 Å². The number of nitrogens with one attached hydrogen (secondary N) is 1. The molecule has 7 heteroatoms. The van der Waals surface area contributed by atoms with Gasteiger partial charge in [0, 0.05) is 42.0 Å². The minimum atomic E-state index is -0.115. The van der Waals surface area contributed by atoms with E-state index >= 15 is 0 Å². The summed E-state index contributed by atoms with van der Waals surface area (Å²) >= 11 is 13.1. The molecule has 2 saturated heterocycles. The SMILES string of the molecule is CCc1ccccc1-n1c(C)cc([C@@H]2[C@H](c3ccccn3)NC(=S)N2c2ccc(N3C[C@H](C)C[C@@H](C)C3)c(Cl)c2)c1C. The number of benzene rings is 2. The van der Waals surface area contributed by atoms with E-state index in [4.69, 9.17) is 28.8 Å². The fourth-order valence-electron chi connectivity index (χ4n) is 7.20. The van der Waals surface area contributed by atoms with E-state index in [1.54, 1.807) is 0 Å². The summed E-state index contributed by atoms with van der Waals surface area (Å²) in [6.07, 6.45) is 4.09. The van der Waals surface area contributed by atoms with Crippen LogP contribution in [-0.2, 0) is 6.42 Å². The number of anilines is 2. The van der Waals surface area contributed by atoms with Crippen LogP contribution in [0.15, 0.2) is 72.9 Å². The first-order valence-electron chi connectivity index (χ1n) is 15.1. The molecule has 4 aromatic rings. The number of rotatable bonds is 6. The second-order valence-electron chi connectivity index (χ2n) is 12.1. The number of hydrogen-bond donors (Lipinski definition) is 1. The molecule has 5 nitrogen and oxygen atoms in total. The van der Waals surface area contributed by atoms with Crippen LogP contribution in [0.25, 0.3) is 5.69 Å². The van der Waals surface area contributed by atoms with Gasteiger partial charge in [-0.2, -0.15) is 0 Å². The van der Waals surface area contributed by atoms with Gasteiger partial charge < -0.3 is 19.7 Å². The van der Waals surface area contributed by atoms with Crippen LogP contribution in [0, 0.1) is 25.7 Å². The van der Waals surface area contributed by atoms with Gasteiger partial charge in [-0.05, 0) is 104 Å². The molecule has 2 aromatic heterocycles. The van der Waals surface area contributed by atoms with Crippen LogP contribution in [0.1, 0.15) is 67.5 Å². The quantitative estimate of drug-likeness (QED) is 0.226. The molecule has 218 valence electrons. The predicted molar refractivity (Wildman–Crippen MR) is 179 cm³/mol. The second-order valence-corrected chi connectivity index (χ2v) is 12.9. The Morgan fingerprint density at radius 3 is 2.38 bits per heavy atom. The Morgan fingerprint density at radius 1 is 0.952 bits per heavy atom. The Balaban J connectivity index is 1.45. The van der Waals surface area contributed by atoms with Gasteiger partial charge in [0.15, 0.2) is 5.11 Å². The Kier molecular flexibility index (Phi) is 8.03. The number of aryl methyl sites for hydroxylation is 2. The number of pyridine rings is 1. The molecule has 2 fully saturated rings. The van der Waals surface area contributed by atoms with Gasteiger partial charge in [-0.1, -0.05) is 56.6 Å². The van der Waals surface area contributed by atoms with E-state index in [-0.39, 0.29) is 12.1 Å². The molecule has 2 aromatic carbocycles. The van der Waals surface area contributed by atoms with Gasteiger partial charge in [0.1, 0.15) is 0 Å². The van der Waals surface area contributed by atoms with E-state index in [1.165, 1.54) is 34.6 Å². The van der Waals surface area contributed by atoms with Crippen molar-refractivity contribution in [1.29, 1.82) is 0 Å². The number of para-hydroxylation sites is 1. The molecule has 0 saturated carbocycles. The number of aromatic nitrogens is 2. The van der Waals surface area contributed by atoms with Gasteiger partial charge in [0.25, 0.3) is 0 Å². The Hall–Kier alpha value is -3.35. The van der Waals surface area contributed by atoms with E-state index in [9.17, 15) is 0 Å². The van der Waals surface area contributed by atoms with Gasteiger partial charge in [-0.3, -0.25) is 4.98 Å². The molecule has 0 aliphatic carbocycles. The first-order valence-corrected chi connectivity index (χ1v) is 15.9. The standard InChI is InChI=1S/C35H40ClN5S/c1-6-26-11-7-8-13-31(26)40-24(4)18-28(25(40)5)34-33(30-12-9-10-16-37-30)38-35(42)41(34)27-14-15-32(29(36)19-27)39-20-22(2)17-23(3)21-39/h7-16,18-19,22-23,33-34H,6,17,20-21H2,1-5H3,(H,38,42)/t22-,23-,33+,34-/m1/s1. The van der Waals surface area contributed by atoms with Gasteiger partial charge >= 0.3 is 0 Å². The van der Waals surface area contributed by atoms with Crippen molar-refractivity contribution in [2.45, 2.75) is 59.5 Å². The summed E-state index contributed by atoms with van der Waals surface area (Å²) in [5.41, 5.74) is 9.23. The van der Waals surface area contributed by atoms with Crippen LogP contribution in [-0.4, -0.2) is 27.8 Å². The zero-order valence-corrected chi connectivity index (χ0v) is 26.7. The van der Waals surface area contributed by atoms with E-state index < -0.39 is 0 Å². The molecule has 0 radical (unpaired) electrons. The number of piperidine rings is 1. The highest BCUT2D eigenvalue weighted by molar-refractivity contribution is 7.80. The summed E-state index contributed by atoms with van der Waals surface area (Å²) < 4.78 is 2.39. The van der Waals surface area contributed by atoms with Crippen LogP contribution in [0.5, 0.6) is 0 Å². The molecular formula is C35H40ClN5S.